The van der Waals surface area contributed by atoms with Crippen LogP contribution in [0.5, 0.6) is 0 Å². The first-order valence-corrected chi connectivity index (χ1v) is 34.0. The molecule has 0 aliphatic carbocycles. The fourth-order valence-corrected chi connectivity index (χ4v) is 15.3. The minimum Gasteiger partial charge on any atom is -0.379 e. The summed E-state index contributed by atoms with van der Waals surface area (Å²) >= 11 is 0. The molecule has 0 saturated carbocycles. The van der Waals surface area contributed by atoms with Gasteiger partial charge in [0.2, 0.25) is 5.91 Å². The number of allylic oxidation sites excluding steroid dienone is 1. The molecule has 10 aromatic rings. The molecule has 0 spiro atoms. The molecule has 0 atom stereocenters. The van der Waals surface area contributed by atoms with E-state index < -0.39 is 5.91 Å². The fourth-order valence-electron chi connectivity index (χ4n) is 15.3. The minimum atomic E-state index is -0.428. The number of carbonyl (C=O) groups excluding carboxylic acids is 2. The number of carbonyl (C=O) groups is 2. The fraction of sp³-hybridized carbons (Fsp3) is 0.411. The van der Waals surface area contributed by atoms with E-state index in [1.165, 1.54) is 44.7 Å². The van der Waals surface area contributed by atoms with Crippen molar-refractivity contribution < 1.29 is 19.1 Å². The Kier molecular flexibility index (Phi) is 18.1. The zero-order valence-electron chi connectivity index (χ0n) is 54.5. The number of nitrogens with two attached hydrogens (primary N) is 1. The van der Waals surface area contributed by atoms with Gasteiger partial charge in [-0.15, -0.1) is 0 Å². The van der Waals surface area contributed by atoms with E-state index in [-0.39, 0.29) is 5.78 Å². The summed E-state index contributed by atoms with van der Waals surface area (Å²) in [4.78, 5) is 60.2. The number of aliphatic imine (C=N–C) groups is 1. The molecule has 0 unspecified atom stereocenters. The molecule has 6 saturated heterocycles. The highest BCUT2D eigenvalue weighted by atomic mass is 16.5. The summed E-state index contributed by atoms with van der Waals surface area (Å²) in [7, 11) is 2.22. The zero-order valence-corrected chi connectivity index (χ0v) is 54.5. The SMILES string of the molecule is CC(=O)c1cccc2c(-c3cnn4cc(N5CCC(N6CCOCC6)CC5)cnc34)cccc12.CN1CCN(C2CCN(c3cnc4c(C5=CCN=C5)cnn4c3)CC2)CC1.NC(=O)c1ccc(-c2cnn3cc(N4CCC(N5CCOCC5)CC4)cnc23)c2ccccc12. The van der Waals surface area contributed by atoms with Gasteiger partial charge in [0.1, 0.15) is 0 Å². The van der Waals surface area contributed by atoms with E-state index in [9.17, 15) is 9.59 Å². The van der Waals surface area contributed by atoms with Gasteiger partial charge in [0, 0.05) is 149 Å². The Morgan fingerprint density at radius 3 is 1.34 bits per heavy atom. The third kappa shape index (κ3) is 13.0. The van der Waals surface area contributed by atoms with Crippen LogP contribution in [-0.4, -0.2) is 231 Å². The molecule has 490 valence electrons. The Hall–Kier alpha value is -9.03. The molecule has 7 aliphatic rings. The number of hydrogen-bond acceptors (Lipinski definition) is 18. The van der Waals surface area contributed by atoms with Crippen LogP contribution < -0.4 is 20.4 Å². The van der Waals surface area contributed by atoms with Crippen molar-refractivity contribution in [2.75, 3.05) is 146 Å². The molecule has 22 heteroatoms. The number of likely N-dealkylation sites (N-methyl/N-ethyl adjacent to an activating group) is 1. The molecule has 0 bridgehead atoms. The van der Waals surface area contributed by atoms with E-state index in [4.69, 9.17) is 30.2 Å². The van der Waals surface area contributed by atoms with E-state index in [0.717, 1.165) is 219 Å². The molecule has 7 aliphatic heterocycles. The van der Waals surface area contributed by atoms with Crippen LogP contribution in [0.3, 0.4) is 0 Å². The first-order valence-electron chi connectivity index (χ1n) is 34.0. The molecule has 13 heterocycles. The van der Waals surface area contributed by atoms with Crippen LogP contribution in [0.25, 0.3) is 66.3 Å². The molecule has 6 aromatic heterocycles. The lowest BCUT2D eigenvalue weighted by atomic mass is 9.95. The van der Waals surface area contributed by atoms with Gasteiger partial charge < -0.3 is 34.8 Å². The predicted molar refractivity (Wildman–Crippen MR) is 374 cm³/mol. The molecule has 4 aromatic carbocycles. The zero-order chi connectivity index (χ0) is 64.4. The van der Waals surface area contributed by atoms with Gasteiger partial charge in [-0.2, -0.15) is 15.3 Å². The quantitative estimate of drug-likeness (QED) is 0.121. The van der Waals surface area contributed by atoms with Crippen molar-refractivity contribution in [2.24, 2.45) is 10.7 Å². The average molecular weight is 1280 g/mol. The summed E-state index contributed by atoms with van der Waals surface area (Å²) in [6.07, 6.45) is 29.0. The second-order valence-corrected chi connectivity index (χ2v) is 26.2. The van der Waals surface area contributed by atoms with Gasteiger partial charge in [0.25, 0.3) is 0 Å². The van der Waals surface area contributed by atoms with E-state index in [1.807, 2.05) is 112 Å². The molecule has 6 fully saturated rings. The van der Waals surface area contributed by atoms with Gasteiger partial charge in [-0.3, -0.25) is 29.3 Å². The van der Waals surface area contributed by atoms with Crippen molar-refractivity contribution in [1.29, 1.82) is 0 Å². The standard InChI is InChI=1S/C27H29N5O2.C26H28N6O2.C20H27N7/c1-19(33)22-4-2-6-24-23(22)5-3-7-25(24)26-17-29-32-18-21(16-28-27(26)32)30-10-8-20(9-11-30)31-12-14-34-15-13-31;27-25(33)23-6-5-22(20-3-1-2-4-21(20)23)24-16-29-32-17-19(15-28-26(24)32)30-9-7-18(8-10-30)31-11-13-34-14-12-31;1-24-8-10-26(11-9-24)17-3-6-25(7-4-17)18-13-22-20-19(14-23-27(20)15-18)16-2-5-21-12-16/h2-7,16-18,20H,8-15H2,1H3;1-6,15-18H,7-14H2,(H2,27,33);2,12-15,17H,3-11H2,1H3. The molecular formula is C73H84N18O4. The summed E-state index contributed by atoms with van der Waals surface area (Å²) in [5.74, 6) is -0.356. The van der Waals surface area contributed by atoms with Crippen LogP contribution in [0.1, 0.15) is 71.7 Å². The maximum atomic E-state index is 12.1. The van der Waals surface area contributed by atoms with Gasteiger partial charge >= 0.3 is 0 Å². The number of primary amides is 1. The van der Waals surface area contributed by atoms with Crippen LogP contribution >= 0.6 is 0 Å². The third-order valence-corrected chi connectivity index (χ3v) is 20.7. The third-order valence-electron chi connectivity index (χ3n) is 20.7. The van der Waals surface area contributed by atoms with Crippen LogP contribution in [0, 0.1) is 0 Å². The number of hydrogen-bond donors (Lipinski definition) is 1. The van der Waals surface area contributed by atoms with E-state index in [0.29, 0.717) is 17.6 Å². The number of amides is 1. The van der Waals surface area contributed by atoms with Gasteiger partial charge in [-0.05, 0) is 91.2 Å². The minimum absolute atomic E-state index is 0.0720. The number of ether oxygens (including phenoxy) is 2. The number of anilines is 3. The van der Waals surface area contributed by atoms with E-state index in [2.05, 4.69) is 98.4 Å². The van der Waals surface area contributed by atoms with Crippen molar-refractivity contribution in [3.63, 3.8) is 0 Å². The number of piperazine rings is 1. The topological polar surface area (TPSA) is 204 Å². The van der Waals surface area contributed by atoms with Crippen LogP contribution in [0.15, 0.2) is 140 Å². The lowest BCUT2D eigenvalue weighted by Gasteiger charge is -2.42. The molecule has 0 radical (unpaired) electrons. The Bertz CT molecular complexity index is 4290. The highest BCUT2D eigenvalue weighted by Crippen LogP contribution is 2.36. The first-order chi connectivity index (χ1) is 46.6. The van der Waals surface area contributed by atoms with Gasteiger partial charge in [0.15, 0.2) is 22.7 Å². The molecule has 2 N–H and O–H groups in total. The van der Waals surface area contributed by atoms with E-state index >= 15 is 0 Å². The van der Waals surface area contributed by atoms with Crippen molar-refractivity contribution in [3.8, 4) is 22.3 Å². The number of aromatic nitrogens is 9. The number of fused-ring (bicyclic) bond motifs is 5. The average Bonchev–Trinajstić information content (AvgIpc) is 1.75. The highest BCUT2D eigenvalue weighted by molar-refractivity contribution is 6.14. The van der Waals surface area contributed by atoms with Gasteiger partial charge in [0.05, 0.1) is 106 Å². The number of Topliss-reactive ketones (excluding diaryl/α,β-unsaturated/α-hetero) is 1. The van der Waals surface area contributed by atoms with Crippen LogP contribution in [0.2, 0.25) is 0 Å². The summed E-state index contributed by atoms with van der Waals surface area (Å²) in [6, 6.07) is 25.6. The lowest BCUT2D eigenvalue weighted by molar-refractivity contribution is 0.0115. The van der Waals surface area contributed by atoms with Crippen molar-refractivity contribution in [1.82, 2.24) is 63.4 Å². The van der Waals surface area contributed by atoms with Gasteiger partial charge in [-0.1, -0.05) is 72.8 Å². The predicted octanol–water partition coefficient (Wildman–Crippen LogP) is 8.42. The molecule has 95 heavy (non-hydrogen) atoms. The number of ketones is 1. The summed E-state index contributed by atoms with van der Waals surface area (Å²) < 4.78 is 16.7. The second kappa shape index (κ2) is 27.7. The van der Waals surface area contributed by atoms with Crippen molar-refractivity contribution in [2.45, 2.75) is 63.6 Å². The monoisotopic (exact) mass is 1280 g/mol. The lowest BCUT2D eigenvalue weighted by Crippen LogP contribution is -2.52. The number of piperidine rings is 3. The summed E-state index contributed by atoms with van der Waals surface area (Å²) in [5.41, 5.74) is 18.9. The van der Waals surface area contributed by atoms with Crippen molar-refractivity contribution in [3.05, 3.63) is 151 Å². The number of benzene rings is 4. The number of nitrogens with zero attached hydrogens (tertiary/aromatic N) is 17. The second-order valence-electron chi connectivity index (χ2n) is 26.2. The Labute approximate surface area is 553 Å². The summed E-state index contributed by atoms with van der Waals surface area (Å²) in [5, 5.41) is 17.6. The van der Waals surface area contributed by atoms with Gasteiger partial charge in [-0.25, -0.2) is 28.5 Å². The Balaban J connectivity index is 0.000000118. The maximum Gasteiger partial charge on any atom is 0.249 e. The highest BCUT2D eigenvalue weighted by Gasteiger charge is 2.31. The smallest absolute Gasteiger partial charge is 0.249 e. The Morgan fingerprint density at radius 2 is 0.863 bits per heavy atom. The van der Waals surface area contributed by atoms with Crippen LogP contribution in [-0.2, 0) is 9.47 Å². The Morgan fingerprint density at radius 1 is 0.442 bits per heavy atom. The van der Waals surface area contributed by atoms with E-state index in [1.54, 1.807) is 13.0 Å². The molecule has 1 amide bonds. The number of rotatable bonds is 11. The van der Waals surface area contributed by atoms with Crippen LogP contribution in [0.4, 0.5) is 17.1 Å². The maximum absolute atomic E-state index is 12.1. The largest absolute Gasteiger partial charge is 0.379 e. The molecule has 22 nitrogen and oxygen atoms in total. The van der Waals surface area contributed by atoms with Crippen molar-refractivity contribution >= 4 is 79.0 Å². The first kappa shape index (κ1) is 62.1. The number of morpholine rings is 2. The summed E-state index contributed by atoms with van der Waals surface area (Å²) in [6.45, 7) is 21.1. The molecular weight excluding hydrogens is 1190 g/mol. The molecule has 17 rings (SSSR count). The normalized spacial score (nSPS) is 19.4.